The van der Waals surface area contributed by atoms with Crippen LogP contribution in [0.3, 0.4) is 0 Å². The molecule has 3 N–H and O–H groups in total. The van der Waals surface area contributed by atoms with E-state index < -0.39 is 12.0 Å². The Labute approximate surface area is 110 Å². The number of benzene rings is 1. The Balaban J connectivity index is 1.91. The summed E-state index contributed by atoms with van der Waals surface area (Å²) in [6.07, 6.45) is 2.75. The maximum absolute atomic E-state index is 11.6. The Morgan fingerprint density at radius 3 is 2.89 bits per heavy atom. The predicted octanol–water partition coefficient (Wildman–Crippen LogP) is 1.69. The quantitative estimate of drug-likeness (QED) is 0.765. The van der Waals surface area contributed by atoms with Crippen LogP contribution in [0.2, 0.25) is 0 Å². The SMILES string of the molecule is C[C@@H](NC(=O)CCc1ccc2[nH]ccc2c1)C(=O)O. The number of carbonyl (C=O) groups excluding carboxylic acids is 1. The number of aliphatic carboxylic acids is 1. The molecule has 1 aromatic carbocycles. The van der Waals surface area contributed by atoms with Gasteiger partial charge in [0.2, 0.25) is 5.91 Å². The smallest absolute Gasteiger partial charge is 0.325 e. The maximum Gasteiger partial charge on any atom is 0.325 e. The number of carboxylic acids is 1. The van der Waals surface area contributed by atoms with Crippen molar-refractivity contribution in [2.45, 2.75) is 25.8 Å². The number of fused-ring (bicyclic) bond motifs is 1. The number of H-pyrrole nitrogens is 1. The van der Waals surface area contributed by atoms with Crippen molar-refractivity contribution in [1.82, 2.24) is 10.3 Å². The fourth-order valence-corrected chi connectivity index (χ4v) is 1.89. The van der Waals surface area contributed by atoms with Gasteiger partial charge >= 0.3 is 5.97 Å². The normalized spacial score (nSPS) is 12.3. The van der Waals surface area contributed by atoms with Gasteiger partial charge in [-0.3, -0.25) is 9.59 Å². The zero-order chi connectivity index (χ0) is 13.8. The van der Waals surface area contributed by atoms with Crippen LogP contribution in [-0.2, 0) is 16.0 Å². The maximum atomic E-state index is 11.6. The van der Waals surface area contributed by atoms with Gasteiger partial charge in [-0.15, -0.1) is 0 Å². The second kappa shape index (κ2) is 5.56. The second-order valence-corrected chi connectivity index (χ2v) is 4.53. The van der Waals surface area contributed by atoms with E-state index in [2.05, 4.69) is 10.3 Å². The summed E-state index contributed by atoms with van der Waals surface area (Å²) in [6.45, 7) is 1.45. The van der Waals surface area contributed by atoms with Crippen molar-refractivity contribution in [3.63, 3.8) is 0 Å². The minimum atomic E-state index is -1.03. The Kier molecular flexibility index (Phi) is 3.85. The lowest BCUT2D eigenvalue weighted by atomic mass is 10.1. The van der Waals surface area contributed by atoms with Gasteiger partial charge in [0, 0.05) is 18.1 Å². The summed E-state index contributed by atoms with van der Waals surface area (Å²) in [5.74, 6) is -1.27. The molecule has 0 fully saturated rings. The fraction of sp³-hybridized carbons (Fsp3) is 0.286. The lowest BCUT2D eigenvalue weighted by Gasteiger charge is -2.09. The van der Waals surface area contributed by atoms with E-state index in [0.717, 1.165) is 16.5 Å². The molecule has 5 heteroatoms. The van der Waals surface area contributed by atoms with E-state index in [-0.39, 0.29) is 12.3 Å². The molecule has 0 unspecified atom stereocenters. The van der Waals surface area contributed by atoms with Crippen molar-refractivity contribution in [3.8, 4) is 0 Å². The third-order valence-corrected chi connectivity index (χ3v) is 3.01. The number of aromatic nitrogens is 1. The number of aromatic amines is 1. The third-order valence-electron chi connectivity index (χ3n) is 3.01. The van der Waals surface area contributed by atoms with Crippen molar-refractivity contribution in [3.05, 3.63) is 36.0 Å². The molecule has 0 saturated heterocycles. The molecule has 2 rings (SSSR count). The van der Waals surface area contributed by atoms with Crippen LogP contribution in [0.5, 0.6) is 0 Å². The molecule has 2 aromatic rings. The Hall–Kier alpha value is -2.30. The Bertz CT molecular complexity index is 604. The first-order valence-corrected chi connectivity index (χ1v) is 6.14. The van der Waals surface area contributed by atoms with E-state index in [4.69, 9.17) is 5.11 Å². The number of hydrogen-bond acceptors (Lipinski definition) is 2. The van der Waals surface area contributed by atoms with Crippen molar-refractivity contribution in [1.29, 1.82) is 0 Å². The fourth-order valence-electron chi connectivity index (χ4n) is 1.89. The van der Waals surface area contributed by atoms with Crippen LogP contribution < -0.4 is 5.32 Å². The zero-order valence-corrected chi connectivity index (χ0v) is 10.6. The molecule has 0 radical (unpaired) electrons. The average molecular weight is 260 g/mol. The van der Waals surface area contributed by atoms with Gasteiger partial charge in [-0.05, 0) is 42.5 Å². The largest absolute Gasteiger partial charge is 0.480 e. The molecule has 0 aliphatic heterocycles. The summed E-state index contributed by atoms with van der Waals surface area (Å²) in [6, 6.07) is 7.10. The lowest BCUT2D eigenvalue weighted by molar-refractivity contribution is -0.141. The molecule has 0 spiro atoms. The monoisotopic (exact) mass is 260 g/mol. The standard InChI is InChI=1S/C14H16N2O3/c1-9(14(18)19)16-13(17)5-3-10-2-4-12-11(8-10)6-7-15-12/h2,4,6-9,15H,3,5H2,1H3,(H,16,17)(H,18,19)/t9-/m1/s1. The molecule has 1 aromatic heterocycles. The van der Waals surface area contributed by atoms with Crippen LogP contribution in [0.15, 0.2) is 30.5 Å². The van der Waals surface area contributed by atoms with Crippen LogP contribution in [0.4, 0.5) is 0 Å². The first-order chi connectivity index (χ1) is 9.06. The van der Waals surface area contributed by atoms with Crippen molar-refractivity contribution in [2.75, 3.05) is 0 Å². The minimum Gasteiger partial charge on any atom is -0.480 e. The number of amides is 1. The van der Waals surface area contributed by atoms with E-state index in [1.165, 1.54) is 6.92 Å². The zero-order valence-electron chi connectivity index (χ0n) is 10.6. The average Bonchev–Trinajstić information content (AvgIpc) is 2.83. The van der Waals surface area contributed by atoms with Gasteiger partial charge in [0.25, 0.3) is 0 Å². The van der Waals surface area contributed by atoms with Crippen molar-refractivity contribution < 1.29 is 14.7 Å². The van der Waals surface area contributed by atoms with E-state index >= 15 is 0 Å². The Morgan fingerprint density at radius 2 is 2.16 bits per heavy atom. The summed E-state index contributed by atoms with van der Waals surface area (Å²) in [7, 11) is 0. The molecule has 0 aliphatic rings. The van der Waals surface area contributed by atoms with Gasteiger partial charge in [0.1, 0.15) is 6.04 Å². The topological polar surface area (TPSA) is 82.2 Å². The number of carbonyl (C=O) groups is 2. The summed E-state index contributed by atoms with van der Waals surface area (Å²) in [5.41, 5.74) is 2.12. The van der Waals surface area contributed by atoms with Crippen LogP contribution in [0.1, 0.15) is 18.9 Å². The molecule has 19 heavy (non-hydrogen) atoms. The second-order valence-electron chi connectivity index (χ2n) is 4.53. The van der Waals surface area contributed by atoms with Crippen LogP contribution in [-0.4, -0.2) is 28.0 Å². The molecular formula is C14H16N2O3. The molecule has 100 valence electrons. The number of carboxylic acid groups (broad SMARTS) is 1. The predicted molar refractivity (Wildman–Crippen MR) is 71.9 cm³/mol. The van der Waals surface area contributed by atoms with E-state index in [9.17, 15) is 9.59 Å². The first-order valence-electron chi connectivity index (χ1n) is 6.14. The van der Waals surface area contributed by atoms with E-state index in [0.29, 0.717) is 6.42 Å². The van der Waals surface area contributed by atoms with Crippen molar-refractivity contribution >= 4 is 22.8 Å². The number of hydrogen-bond donors (Lipinski definition) is 3. The molecule has 5 nitrogen and oxygen atoms in total. The van der Waals surface area contributed by atoms with E-state index in [1.54, 1.807) is 0 Å². The van der Waals surface area contributed by atoms with E-state index in [1.807, 2.05) is 30.5 Å². The highest BCUT2D eigenvalue weighted by Crippen LogP contribution is 2.15. The first kappa shape index (κ1) is 13.1. The van der Waals surface area contributed by atoms with Gasteiger partial charge < -0.3 is 15.4 Å². The highest BCUT2D eigenvalue weighted by atomic mass is 16.4. The van der Waals surface area contributed by atoms with Gasteiger partial charge in [-0.2, -0.15) is 0 Å². The lowest BCUT2D eigenvalue weighted by Crippen LogP contribution is -2.38. The van der Waals surface area contributed by atoms with Crippen LogP contribution in [0, 0.1) is 0 Å². The highest BCUT2D eigenvalue weighted by molar-refractivity contribution is 5.83. The third kappa shape index (κ3) is 3.34. The van der Waals surface area contributed by atoms with Crippen LogP contribution in [0.25, 0.3) is 10.9 Å². The van der Waals surface area contributed by atoms with Gasteiger partial charge in [0.15, 0.2) is 0 Å². The molecule has 1 amide bonds. The molecule has 0 aliphatic carbocycles. The number of aryl methyl sites for hydroxylation is 1. The highest BCUT2D eigenvalue weighted by Gasteiger charge is 2.13. The van der Waals surface area contributed by atoms with Crippen molar-refractivity contribution in [2.24, 2.45) is 0 Å². The minimum absolute atomic E-state index is 0.246. The Morgan fingerprint density at radius 1 is 1.37 bits per heavy atom. The van der Waals surface area contributed by atoms with Crippen LogP contribution >= 0.6 is 0 Å². The number of rotatable bonds is 5. The molecule has 1 heterocycles. The van der Waals surface area contributed by atoms with Gasteiger partial charge in [-0.25, -0.2) is 0 Å². The molecule has 0 saturated carbocycles. The molecular weight excluding hydrogens is 244 g/mol. The van der Waals surface area contributed by atoms with Gasteiger partial charge in [-0.1, -0.05) is 6.07 Å². The van der Waals surface area contributed by atoms with Gasteiger partial charge in [0.05, 0.1) is 0 Å². The molecule has 1 atom stereocenters. The summed E-state index contributed by atoms with van der Waals surface area (Å²) >= 11 is 0. The summed E-state index contributed by atoms with van der Waals surface area (Å²) in [5, 5.41) is 12.2. The number of nitrogens with one attached hydrogen (secondary N) is 2. The molecule has 0 bridgehead atoms. The summed E-state index contributed by atoms with van der Waals surface area (Å²) in [4.78, 5) is 25.3. The summed E-state index contributed by atoms with van der Waals surface area (Å²) < 4.78 is 0.